The number of nitrogens with one attached hydrogen (secondary N) is 2. The van der Waals surface area contributed by atoms with E-state index < -0.39 is 0 Å². The van der Waals surface area contributed by atoms with Crippen LogP contribution in [0.4, 0.5) is 5.69 Å². The number of nitrogens with zero attached hydrogens (tertiary/aromatic N) is 5. The third-order valence-electron chi connectivity index (χ3n) is 5.23. The first kappa shape index (κ1) is 23.4. The number of amides is 1. The topological polar surface area (TPSA) is 81.6 Å². The van der Waals surface area contributed by atoms with E-state index in [9.17, 15) is 4.79 Å². The third kappa shape index (κ3) is 5.32. The highest BCUT2D eigenvalue weighted by Crippen LogP contribution is 2.23. The van der Waals surface area contributed by atoms with Gasteiger partial charge in [0.15, 0.2) is 5.96 Å². The largest absolute Gasteiger partial charge is 0.361 e. The normalized spacial score (nSPS) is 14.8. The van der Waals surface area contributed by atoms with Gasteiger partial charge in [-0.3, -0.25) is 14.5 Å². The highest BCUT2D eigenvalue weighted by atomic mass is 127. The van der Waals surface area contributed by atoms with Gasteiger partial charge in [0.1, 0.15) is 6.54 Å². The second-order valence-electron chi connectivity index (χ2n) is 7.33. The average molecular weight is 556 g/mol. The number of H-pyrrole nitrogens is 1. The summed E-state index contributed by atoms with van der Waals surface area (Å²) in [7, 11) is 1.85. The maximum atomic E-state index is 12.7. The molecule has 1 aliphatic rings. The van der Waals surface area contributed by atoms with E-state index in [1.165, 1.54) is 5.56 Å². The lowest BCUT2D eigenvalue weighted by atomic mass is 10.1. The second-order valence-corrected chi connectivity index (χ2v) is 7.77. The third-order valence-corrected chi connectivity index (χ3v) is 5.47. The molecule has 0 saturated carbocycles. The van der Waals surface area contributed by atoms with E-state index in [0.717, 1.165) is 47.1 Å². The molecule has 4 rings (SSSR count). The smallest absolute Gasteiger partial charge is 0.246 e. The highest BCUT2D eigenvalue weighted by molar-refractivity contribution is 14.0. The van der Waals surface area contributed by atoms with Crippen LogP contribution in [0.2, 0.25) is 5.02 Å². The Morgan fingerprint density at radius 3 is 2.90 bits per heavy atom. The number of carbonyl (C=O) groups excluding carboxylic acids is 1. The standard InChI is InChI=1S/C21H26ClN7O.HI/c1-3-23-21(24-7-6-15-11-25-19-5-4-16(22)10-18(15)19)28-8-9-29(20(30)14-28)17-12-26-27(2)13-17;/h4-5,10-13,25H,3,6-9,14H2,1-2H3,(H,23,24);1H. The Labute approximate surface area is 203 Å². The van der Waals surface area contributed by atoms with E-state index in [2.05, 4.69) is 15.4 Å². The van der Waals surface area contributed by atoms with Crippen molar-refractivity contribution in [2.24, 2.45) is 12.0 Å². The van der Waals surface area contributed by atoms with Gasteiger partial charge in [0.2, 0.25) is 5.91 Å². The Morgan fingerprint density at radius 2 is 2.19 bits per heavy atom. The highest BCUT2D eigenvalue weighted by Gasteiger charge is 2.27. The number of hydrogen-bond donors (Lipinski definition) is 2. The number of aromatic amines is 1. The maximum absolute atomic E-state index is 12.7. The van der Waals surface area contributed by atoms with Crippen LogP contribution in [0, 0.1) is 0 Å². The van der Waals surface area contributed by atoms with Crippen molar-refractivity contribution in [1.82, 2.24) is 25.0 Å². The minimum atomic E-state index is 0. The summed E-state index contributed by atoms with van der Waals surface area (Å²) in [6, 6.07) is 5.85. The van der Waals surface area contributed by atoms with Crippen LogP contribution in [0.3, 0.4) is 0 Å². The van der Waals surface area contributed by atoms with E-state index in [4.69, 9.17) is 16.6 Å². The number of benzene rings is 1. The van der Waals surface area contributed by atoms with E-state index in [1.807, 2.05) is 49.5 Å². The number of aryl methyl sites for hydroxylation is 1. The molecule has 0 radical (unpaired) electrons. The van der Waals surface area contributed by atoms with Gasteiger partial charge in [0, 0.05) is 61.5 Å². The lowest BCUT2D eigenvalue weighted by Gasteiger charge is -2.35. The van der Waals surface area contributed by atoms with Crippen LogP contribution in [-0.2, 0) is 18.3 Å². The van der Waals surface area contributed by atoms with E-state index in [1.54, 1.807) is 15.8 Å². The van der Waals surface area contributed by atoms with Crippen molar-refractivity contribution in [1.29, 1.82) is 0 Å². The van der Waals surface area contributed by atoms with Crippen molar-refractivity contribution in [2.75, 3.05) is 37.6 Å². The van der Waals surface area contributed by atoms with E-state index in [-0.39, 0.29) is 29.9 Å². The van der Waals surface area contributed by atoms with Crippen LogP contribution in [-0.4, -0.2) is 64.3 Å². The summed E-state index contributed by atoms with van der Waals surface area (Å²) in [6.45, 7) is 5.02. The van der Waals surface area contributed by atoms with Gasteiger partial charge in [-0.1, -0.05) is 11.6 Å². The summed E-state index contributed by atoms with van der Waals surface area (Å²) in [5.41, 5.74) is 3.09. The number of halogens is 2. The van der Waals surface area contributed by atoms with Crippen LogP contribution >= 0.6 is 35.6 Å². The van der Waals surface area contributed by atoms with Crippen molar-refractivity contribution in [3.63, 3.8) is 0 Å². The first-order valence-electron chi connectivity index (χ1n) is 10.1. The monoisotopic (exact) mass is 555 g/mol. The molecular weight excluding hydrogens is 529 g/mol. The van der Waals surface area contributed by atoms with Crippen LogP contribution in [0.1, 0.15) is 12.5 Å². The van der Waals surface area contributed by atoms with Crippen LogP contribution in [0.25, 0.3) is 10.9 Å². The van der Waals surface area contributed by atoms with Gasteiger partial charge >= 0.3 is 0 Å². The van der Waals surface area contributed by atoms with Gasteiger partial charge in [-0.2, -0.15) is 5.10 Å². The fourth-order valence-corrected chi connectivity index (χ4v) is 3.91. The molecule has 10 heteroatoms. The molecule has 1 fully saturated rings. The number of guanidine groups is 1. The van der Waals surface area contributed by atoms with Gasteiger partial charge < -0.3 is 20.1 Å². The van der Waals surface area contributed by atoms with Crippen LogP contribution in [0.15, 0.2) is 41.8 Å². The van der Waals surface area contributed by atoms with E-state index in [0.29, 0.717) is 19.6 Å². The Bertz CT molecular complexity index is 1080. The SMILES string of the molecule is CCNC(=NCCc1c[nH]c2ccc(Cl)cc12)N1CCN(c2cnn(C)c2)C(=O)C1.I. The van der Waals surface area contributed by atoms with Crippen LogP contribution < -0.4 is 10.2 Å². The van der Waals surface area contributed by atoms with Gasteiger partial charge in [0.05, 0.1) is 11.9 Å². The maximum Gasteiger partial charge on any atom is 0.246 e. The molecular formula is C21H27ClIN7O. The molecule has 1 saturated heterocycles. The Balaban J connectivity index is 0.00000272. The first-order chi connectivity index (χ1) is 14.5. The molecule has 3 aromatic rings. The zero-order valence-corrected chi connectivity index (χ0v) is 20.7. The predicted molar refractivity (Wildman–Crippen MR) is 136 cm³/mol. The van der Waals surface area contributed by atoms with Crippen molar-refractivity contribution in [2.45, 2.75) is 13.3 Å². The number of piperazine rings is 1. The summed E-state index contributed by atoms with van der Waals surface area (Å²) in [4.78, 5) is 24.6. The molecule has 1 amide bonds. The molecule has 8 nitrogen and oxygen atoms in total. The number of fused-ring (bicyclic) bond motifs is 1. The number of aromatic nitrogens is 3. The fraction of sp³-hybridized carbons (Fsp3) is 0.381. The van der Waals surface area contributed by atoms with Crippen molar-refractivity contribution in [3.05, 3.63) is 47.4 Å². The first-order valence-corrected chi connectivity index (χ1v) is 10.5. The summed E-state index contributed by atoms with van der Waals surface area (Å²) in [5.74, 6) is 0.820. The average Bonchev–Trinajstić information content (AvgIpc) is 3.33. The molecule has 0 aliphatic carbocycles. The molecule has 1 aliphatic heterocycles. The summed E-state index contributed by atoms with van der Waals surface area (Å²) in [5, 5.41) is 9.34. The molecule has 31 heavy (non-hydrogen) atoms. The van der Waals surface area contributed by atoms with Gasteiger partial charge in [-0.25, -0.2) is 0 Å². The van der Waals surface area contributed by atoms with E-state index >= 15 is 0 Å². The number of anilines is 1. The molecule has 0 spiro atoms. The summed E-state index contributed by atoms with van der Waals surface area (Å²) in [6.07, 6.45) is 6.39. The minimum Gasteiger partial charge on any atom is -0.361 e. The molecule has 166 valence electrons. The molecule has 3 heterocycles. The second kappa shape index (κ2) is 10.4. The van der Waals surface area contributed by atoms with Crippen molar-refractivity contribution < 1.29 is 4.79 Å². The summed E-state index contributed by atoms with van der Waals surface area (Å²) < 4.78 is 1.71. The zero-order chi connectivity index (χ0) is 21.1. The predicted octanol–water partition coefficient (Wildman–Crippen LogP) is 3.03. The van der Waals surface area contributed by atoms with Crippen LogP contribution in [0.5, 0.6) is 0 Å². The number of aliphatic imine (C=N–C) groups is 1. The number of carbonyl (C=O) groups is 1. The fourth-order valence-electron chi connectivity index (χ4n) is 3.74. The number of hydrogen-bond acceptors (Lipinski definition) is 3. The van der Waals surface area contributed by atoms with Crippen molar-refractivity contribution >= 4 is 64.0 Å². The van der Waals surface area contributed by atoms with Crippen molar-refractivity contribution in [3.8, 4) is 0 Å². The Kier molecular flexibility index (Phi) is 7.82. The zero-order valence-electron chi connectivity index (χ0n) is 17.6. The Hall–Kier alpha value is -2.27. The molecule has 0 atom stereocenters. The quantitative estimate of drug-likeness (QED) is 0.288. The molecule has 0 bridgehead atoms. The molecule has 2 aromatic heterocycles. The summed E-state index contributed by atoms with van der Waals surface area (Å²) >= 11 is 6.15. The Morgan fingerprint density at radius 1 is 1.35 bits per heavy atom. The minimum absolute atomic E-state index is 0. The molecule has 1 aromatic carbocycles. The lowest BCUT2D eigenvalue weighted by molar-refractivity contribution is -0.120. The molecule has 0 unspecified atom stereocenters. The number of rotatable bonds is 5. The lowest BCUT2D eigenvalue weighted by Crippen LogP contribution is -2.55. The molecule has 2 N–H and O–H groups in total. The van der Waals surface area contributed by atoms with Gasteiger partial charge in [0.25, 0.3) is 0 Å². The van der Waals surface area contributed by atoms with Gasteiger partial charge in [-0.05, 0) is 37.1 Å². The van der Waals surface area contributed by atoms with Gasteiger partial charge in [-0.15, -0.1) is 24.0 Å².